The number of hydrogen-bond donors (Lipinski definition) is 2. The molecule has 0 saturated heterocycles. The Kier molecular flexibility index (Phi) is 5.65. The van der Waals surface area contributed by atoms with Crippen LogP contribution in [0.4, 0.5) is 5.69 Å². The van der Waals surface area contributed by atoms with Gasteiger partial charge in [0.25, 0.3) is 0 Å². The Bertz CT molecular complexity index is 926. The molecule has 0 unspecified atom stereocenters. The highest BCUT2D eigenvalue weighted by Crippen LogP contribution is 2.25. The van der Waals surface area contributed by atoms with Crippen LogP contribution < -0.4 is 5.32 Å². The first kappa shape index (κ1) is 19.2. The smallest absolute Gasteiger partial charge is 0.234 e. The van der Waals surface area contributed by atoms with Crippen LogP contribution >= 0.6 is 11.8 Å². The van der Waals surface area contributed by atoms with Crippen LogP contribution in [0.3, 0.4) is 0 Å². The summed E-state index contributed by atoms with van der Waals surface area (Å²) in [6, 6.07) is 16.0. The Balaban J connectivity index is 1.58. The van der Waals surface area contributed by atoms with E-state index in [0.717, 1.165) is 16.8 Å². The lowest BCUT2D eigenvalue weighted by molar-refractivity contribution is -0.113. The van der Waals surface area contributed by atoms with Crippen LogP contribution in [-0.2, 0) is 10.2 Å². The van der Waals surface area contributed by atoms with Gasteiger partial charge in [0.05, 0.1) is 5.75 Å². The van der Waals surface area contributed by atoms with Gasteiger partial charge in [-0.05, 0) is 35.6 Å². The number of nitrogens with zero attached hydrogens (tertiary/aromatic N) is 2. The zero-order chi connectivity index (χ0) is 19.4. The van der Waals surface area contributed by atoms with Crippen LogP contribution in [0.25, 0.3) is 11.4 Å². The molecule has 1 heterocycles. The molecule has 0 fully saturated rings. The van der Waals surface area contributed by atoms with Crippen molar-refractivity contribution in [2.75, 3.05) is 11.1 Å². The number of aromatic nitrogens is 3. The summed E-state index contributed by atoms with van der Waals surface area (Å²) >= 11 is 1.31. The molecule has 0 aliphatic carbocycles. The first-order chi connectivity index (χ1) is 12.8. The van der Waals surface area contributed by atoms with Crippen molar-refractivity contribution in [3.63, 3.8) is 0 Å². The summed E-state index contributed by atoms with van der Waals surface area (Å²) in [5.41, 5.74) is 4.28. The fraction of sp³-hybridized carbons (Fsp3) is 0.286. The molecule has 0 saturated carbocycles. The van der Waals surface area contributed by atoms with Gasteiger partial charge in [-0.25, -0.2) is 4.98 Å². The molecule has 27 heavy (non-hydrogen) atoms. The maximum Gasteiger partial charge on any atom is 0.234 e. The second-order valence-electron chi connectivity index (χ2n) is 7.50. The highest BCUT2D eigenvalue weighted by Gasteiger charge is 2.14. The molecule has 0 bridgehead atoms. The topological polar surface area (TPSA) is 70.7 Å². The second kappa shape index (κ2) is 7.96. The molecule has 0 aliphatic rings. The van der Waals surface area contributed by atoms with E-state index in [2.05, 4.69) is 53.4 Å². The first-order valence-corrected chi connectivity index (χ1v) is 9.82. The molecule has 1 amide bonds. The number of carbonyl (C=O) groups excluding carboxylic acids is 1. The number of nitrogens with one attached hydrogen (secondary N) is 2. The zero-order valence-corrected chi connectivity index (χ0v) is 16.9. The Morgan fingerprint density at radius 2 is 1.89 bits per heavy atom. The molecule has 0 radical (unpaired) electrons. The fourth-order valence-electron chi connectivity index (χ4n) is 2.62. The van der Waals surface area contributed by atoms with Gasteiger partial charge in [0, 0.05) is 11.3 Å². The van der Waals surface area contributed by atoms with Crippen LogP contribution in [0.2, 0.25) is 0 Å². The Labute approximate surface area is 164 Å². The van der Waals surface area contributed by atoms with Gasteiger partial charge in [-0.1, -0.05) is 68.9 Å². The van der Waals surface area contributed by atoms with E-state index >= 15 is 0 Å². The average molecular weight is 381 g/mol. The Morgan fingerprint density at radius 3 is 2.56 bits per heavy atom. The maximum atomic E-state index is 12.1. The third kappa shape index (κ3) is 5.20. The van der Waals surface area contributed by atoms with Gasteiger partial charge in [-0.2, -0.15) is 0 Å². The summed E-state index contributed by atoms with van der Waals surface area (Å²) < 4.78 is 0. The molecular weight excluding hydrogens is 356 g/mol. The van der Waals surface area contributed by atoms with Crippen molar-refractivity contribution in [1.82, 2.24) is 15.2 Å². The van der Waals surface area contributed by atoms with E-state index in [1.165, 1.54) is 17.3 Å². The van der Waals surface area contributed by atoms with Gasteiger partial charge >= 0.3 is 0 Å². The standard InChI is InChI=1S/C21H24N4OS/c1-14-6-5-7-17(12-14)22-18(26)13-27-20-23-19(24-25-20)15-8-10-16(11-9-15)21(2,3)4/h5-12H,13H2,1-4H3,(H,22,26)(H,23,24,25). The van der Waals surface area contributed by atoms with Crippen molar-refractivity contribution < 1.29 is 4.79 Å². The number of benzene rings is 2. The largest absolute Gasteiger partial charge is 0.325 e. The van der Waals surface area contributed by atoms with E-state index in [4.69, 9.17) is 0 Å². The molecule has 0 aliphatic heterocycles. The second-order valence-corrected chi connectivity index (χ2v) is 8.44. The number of amides is 1. The van der Waals surface area contributed by atoms with Crippen LogP contribution in [0.5, 0.6) is 0 Å². The van der Waals surface area contributed by atoms with Crippen molar-refractivity contribution in [1.29, 1.82) is 0 Å². The number of anilines is 1. The van der Waals surface area contributed by atoms with Crippen LogP contribution in [0, 0.1) is 6.92 Å². The van der Waals surface area contributed by atoms with Gasteiger partial charge in [0.2, 0.25) is 11.1 Å². The van der Waals surface area contributed by atoms with Crippen molar-refractivity contribution in [2.45, 2.75) is 38.3 Å². The van der Waals surface area contributed by atoms with Gasteiger partial charge in [-0.15, -0.1) is 5.10 Å². The summed E-state index contributed by atoms with van der Waals surface area (Å²) in [7, 11) is 0. The molecule has 1 aromatic heterocycles. The fourth-order valence-corrected chi connectivity index (χ4v) is 3.22. The monoisotopic (exact) mass is 380 g/mol. The molecular formula is C21H24N4OS. The minimum Gasteiger partial charge on any atom is -0.325 e. The van der Waals surface area contributed by atoms with Gasteiger partial charge in [0.15, 0.2) is 5.82 Å². The van der Waals surface area contributed by atoms with Gasteiger partial charge in [0.1, 0.15) is 0 Å². The van der Waals surface area contributed by atoms with E-state index in [1.807, 2.05) is 43.3 Å². The number of aryl methyl sites for hydroxylation is 1. The van der Waals surface area contributed by atoms with E-state index in [-0.39, 0.29) is 17.1 Å². The summed E-state index contributed by atoms with van der Waals surface area (Å²) in [6.45, 7) is 8.56. The predicted octanol–water partition coefficient (Wildman–Crippen LogP) is 4.81. The third-order valence-electron chi connectivity index (χ3n) is 4.12. The molecule has 2 N–H and O–H groups in total. The maximum absolute atomic E-state index is 12.1. The normalized spacial score (nSPS) is 11.4. The summed E-state index contributed by atoms with van der Waals surface area (Å²) in [5, 5.41) is 10.6. The van der Waals surface area contributed by atoms with Crippen molar-refractivity contribution in [3.05, 3.63) is 59.7 Å². The van der Waals surface area contributed by atoms with E-state index in [1.54, 1.807) is 0 Å². The Morgan fingerprint density at radius 1 is 1.15 bits per heavy atom. The molecule has 5 nitrogen and oxygen atoms in total. The third-order valence-corrected chi connectivity index (χ3v) is 4.97. The lowest BCUT2D eigenvalue weighted by Gasteiger charge is -2.18. The number of carbonyl (C=O) groups is 1. The van der Waals surface area contributed by atoms with Crippen molar-refractivity contribution in [2.24, 2.45) is 0 Å². The zero-order valence-electron chi connectivity index (χ0n) is 16.0. The number of hydrogen-bond acceptors (Lipinski definition) is 4. The first-order valence-electron chi connectivity index (χ1n) is 8.84. The molecule has 0 spiro atoms. The molecule has 3 rings (SSSR count). The molecule has 0 atom stereocenters. The number of aromatic amines is 1. The number of thioether (sulfide) groups is 1. The highest BCUT2D eigenvalue weighted by molar-refractivity contribution is 7.99. The minimum atomic E-state index is -0.0773. The van der Waals surface area contributed by atoms with Crippen molar-refractivity contribution >= 4 is 23.4 Å². The SMILES string of the molecule is Cc1cccc(NC(=O)CSc2n[nH]c(-c3ccc(C(C)(C)C)cc3)n2)c1. The van der Waals surface area contributed by atoms with E-state index in [0.29, 0.717) is 11.0 Å². The quantitative estimate of drug-likeness (QED) is 0.623. The molecule has 6 heteroatoms. The lowest BCUT2D eigenvalue weighted by Crippen LogP contribution is -2.14. The highest BCUT2D eigenvalue weighted by atomic mass is 32.2. The predicted molar refractivity (Wildman–Crippen MR) is 111 cm³/mol. The van der Waals surface area contributed by atoms with Crippen LogP contribution in [-0.4, -0.2) is 26.8 Å². The summed E-state index contributed by atoms with van der Waals surface area (Å²) in [6.07, 6.45) is 0. The molecule has 3 aromatic rings. The van der Waals surface area contributed by atoms with Crippen LogP contribution in [0.1, 0.15) is 31.9 Å². The molecule has 140 valence electrons. The van der Waals surface area contributed by atoms with Gasteiger partial charge in [-0.3, -0.25) is 9.89 Å². The number of rotatable bonds is 5. The lowest BCUT2D eigenvalue weighted by atomic mass is 9.87. The summed E-state index contributed by atoms with van der Waals surface area (Å²) in [4.78, 5) is 16.6. The van der Waals surface area contributed by atoms with Crippen molar-refractivity contribution in [3.8, 4) is 11.4 Å². The minimum absolute atomic E-state index is 0.0773. The van der Waals surface area contributed by atoms with E-state index in [9.17, 15) is 4.79 Å². The number of H-pyrrole nitrogens is 1. The average Bonchev–Trinajstić information content (AvgIpc) is 3.08. The van der Waals surface area contributed by atoms with Gasteiger partial charge < -0.3 is 5.32 Å². The molecule has 2 aromatic carbocycles. The van der Waals surface area contributed by atoms with Crippen LogP contribution in [0.15, 0.2) is 53.7 Å². The summed E-state index contributed by atoms with van der Waals surface area (Å²) in [5.74, 6) is 0.886. The van der Waals surface area contributed by atoms with E-state index < -0.39 is 0 Å². The Hall–Kier alpha value is -2.60.